The number of nitrogens with one attached hydrogen (secondary N) is 1. The van der Waals surface area contributed by atoms with E-state index < -0.39 is 0 Å². The standard InChI is InChI=1S/C16H15BrClNO2/c1-3-21-14-9-10(2)7-8-13(14)19-16(20)11-5-4-6-12(17)15(11)18/h4-9H,3H2,1-2H3,(H,19,20). The van der Waals surface area contributed by atoms with Crippen molar-refractivity contribution in [1.82, 2.24) is 0 Å². The highest BCUT2D eigenvalue weighted by Gasteiger charge is 2.14. The molecule has 0 aliphatic rings. The lowest BCUT2D eigenvalue weighted by atomic mass is 10.1. The highest BCUT2D eigenvalue weighted by molar-refractivity contribution is 9.10. The van der Waals surface area contributed by atoms with Gasteiger partial charge in [0.15, 0.2) is 0 Å². The molecular formula is C16H15BrClNO2. The van der Waals surface area contributed by atoms with Gasteiger partial charge in [0.05, 0.1) is 22.9 Å². The molecule has 0 unspecified atom stereocenters. The predicted molar refractivity (Wildman–Crippen MR) is 89.5 cm³/mol. The van der Waals surface area contributed by atoms with Crippen molar-refractivity contribution in [3.8, 4) is 5.75 Å². The van der Waals surface area contributed by atoms with Gasteiger partial charge in [0.2, 0.25) is 0 Å². The van der Waals surface area contributed by atoms with Gasteiger partial charge in [-0.3, -0.25) is 4.79 Å². The number of amides is 1. The molecule has 1 amide bonds. The van der Waals surface area contributed by atoms with Crippen molar-refractivity contribution in [3.05, 3.63) is 57.0 Å². The quantitative estimate of drug-likeness (QED) is 0.819. The molecular weight excluding hydrogens is 354 g/mol. The summed E-state index contributed by atoms with van der Waals surface area (Å²) in [4.78, 5) is 12.4. The van der Waals surface area contributed by atoms with Gasteiger partial charge in [0.25, 0.3) is 5.91 Å². The van der Waals surface area contributed by atoms with Crippen molar-refractivity contribution in [2.45, 2.75) is 13.8 Å². The SMILES string of the molecule is CCOc1cc(C)ccc1NC(=O)c1cccc(Br)c1Cl. The Bertz CT molecular complexity index is 673. The molecule has 1 N–H and O–H groups in total. The van der Waals surface area contributed by atoms with E-state index >= 15 is 0 Å². The summed E-state index contributed by atoms with van der Waals surface area (Å²) in [6.45, 7) is 4.41. The van der Waals surface area contributed by atoms with E-state index in [0.717, 1.165) is 5.56 Å². The third kappa shape index (κ3) is 3.77. The van der Waals surface area contributed by atoms with Gasteiger partial charge in [-0.15, -0.1) is 0 Å². The minimum atomic E-state index is -0.272. The van der Waals surface area contributed by atoms with E-state index in [1.54, 1.807) is 18.2 Å². The Morgan fingerprint density at radius 1 is 1.33 bits per heavy atom. The average molecular weight is 369 g/mol. The number of hydrogen-bond acceptors (Lipinski definition) is 2. The molecule has 0 aliphatic heterocycles. The zero-order valence-corrected chi connectivity index (χ0v) is 14.1. The topological polar surface area (TPSA) is 38.3 Å². The number of halogens is 2. The fourth-order valence-electron chi connectivity index (χ4n) is 1.88. The summed E-state index contributed by atoms with van der Waals surface area (Å²) >= 11 is 9.45. The van der Waals surface area contributed by atoms with Crippen molar-refractivity contribution in [2.24, 2.45) is 0 Å². The molecule has 110 valence electrons. The Morgan fingerprint density at radius 3 is 2.81 bits per heavy atom. The molecule has 0 fully saturated rings. The Labute approximate surface area is 137 Å². The van der Waals surface area contributed by atoms with E-state index in [-0.39, 0.29) is 5.91 Å². The van der Waals surface area contributed by atoms with Gasteiger partial charge in [0.1, 0.15) is 5.75 Å². The van der Waals surface area contributed by atoms with E-state index in [1.165, 1.54) is 0 Å². The molecule has 5 heteroatoms. The Hall–Kier alpha value is -1.52. The Kier molecular flexibility index (Phi) is 5.26. The van der Waals surface area contributed by atoms with Gasteiger partial charge >= 0.3 is 0 Å². The molecule has 0 aromatic heterocycles. The summed E-state index contributed by atoms with van der Waals surface area (Å²) in [5.74, 6) is 0.378. The fourth-order valence-corrected chi connectivity index (χ4v) is 2.45. The van der Waals surface area contributed by atoms with Crippen LogP contribution in [0, 0.1) is 6.92 Å². The van der Waals surface area contributed by atoms with Crippen LogP contribution >= 0.6 is 27.5 Å². The molecule has 0 heterocycles. The summed E-state index contributed by atoms with van der Waals surface area (Å²) < 4.78 is 6.24. The van der Waals surface area contributed by atoms with Crippen molar-refractivity contribution < 1.29 is 9.53 Å². The molecule has 0 atom stereocenters. The van der Waals surface area contributed by atoms with Crippen LogP contribution in [0.15, 0.2) is 40.9 Å². The van der Waals surface area contributed by atoms with Crippen LogP contribution in [0.3, 0.4) is 0 Å². The highest BCUT2D eigenvalue weighted by atomic mass is 79.9. The van der Waals surface area contributed by atoms with Crippen LogP contribution < -0.4 is 10.1 Å². The molecule has 3 nitrogen and oxygen atoms in total. The highest BCUT2D eigenvalue weighted by Crippen LogP contribution is 2.29. The zero-order valence-electron chi connectivity index (χ0n) is 11.7. The van der Waals surface area contributed by atoms with Crippen molar-refractivity contribution in [1.29, 1.82) is 0 Å². The fraction of sp³-hybridized carbons (Fsp3) is 0.188. The van der Waals surface area contributed by atoms with Crippen molar-refractivity contribution in [2.75, 3.05) is 11.9 Å². The number of carbonyl (C=O) groups is 1. The monoisotopic (exact) mass is 367 g/mol. The first kappa shape index (κ1) is 15.9. The summed E-state index contributed by atoms with van der Waals surface area (Å²) in [6.07, 6.45) is 0. The number of anilines is 1. The van der Waals surface area contributed by atoms with Gasteiger partial charge in [-0.05, 0) is 59.6 Å². The molecule has 0 bridgehead atoms. The summed E-state index contributed by atoms with van der Waals surface area (Å²) in [7, 11) is 0. The smallest absolute Gasteiger partial charge is 0.257 e. The molecule has 0 radical (unpaired) electrons. The van der Waals surface area contributed by atoms with Crippen LogP contribution in [0.25, 0.3) is 0 Å². The number of hydrogen-bond donors (Lipinski definition) is 1. The van der Waals surface area contributed by atoms with Crippen LogP contribution in [-0.4, -0.2) is 12.5 Å². The second-order valence-electron chi connectivity index (χ2n) is 4.49. The molecule has 0 saturated carbocycles. The Morgan fingerprint density at radius 2 is 2.10 bits per heavy atom. The molecule has 2 aromatic rings. The summed E-state index contributed by atoms with van der Waals surface area (Å²) in [5, 5.41) is 3.23. The van der Waals surface area contributed by atoms with Gasteiger partial charge in [-0.25, -0.2) is 0 Å². The maximum Gasteiger partial charge on any atom is 0.257 e. The predicted octanol–water partition coefficient (Wildman–Crippen LogP) is 5.06. The molecule has 2 aromatic carbocycles. The van der Waals surface area contributed by atoms with Gasteiger partial charge in [0, 0.05) is 4.47 Å². The van der Waals surface area contributed by atoms with Gasteiger partial charge in [-0.2, -0.15) is 0 Å². The normalized spacial score (nSPS) is 10.3. The minimum Gasteiger partial charge on any atom is -0.492 e. The maximum atomic E-state index is 12.4. The van der Waals surface area contributed by atoms with Crippen LogP contribution in [0.5, 0.6) is 5.75 Å². The first-order valence-electron chi connectivity index (χ1n) is 6.51. The molecule has 0 aliphatic carbocycles. The van der Waals surface area contributed by atoms with Gasteiger partial charge in [-0.1, -0.05) is 23.7 Å². The van der Waals surface area contributed by atoms with Crippen molar-refractivity contribution in [3.63, 3.8) is 0 Å². The van der Waals surface area contributed by atoms with Crippen molar-refractivity contribution >= 4 is 39.1 Å². The second-order valence-corrected chi connectivity index (χ2v) is 5.72. The average Bonchev–Trinajstić information content (AvgIpc) is 2.45. The lowest BCUT2D eigenvalue weighted by molar-refractivity contribution is 0.102. The molecule has 0 saturated heterocycles. The maximum absolute atomic E-state index is 12.4. The molecule has 0 spiro atoms. The zero-order chi connectivity index (χ0) is 15.4. The minimum absolute atomic E-state index is 0.272. The van der Waals surface area contributed by atoms with E-state index in [9.17, 15) is 4.79 Å². The van der Waals surface area contributed by atoms with Gasteiger partial charge < -0.3 is 10.1 Å². The number of ether oxygens (including phenoxy) is 1. The van der Waals surface area contributed by atoms with Crippen LogP contribution in [0.2, 0.25) is 5.02 Å². The third-order valence-electron chi connectivity index (χ3n) is 2.88. The van der Waals surface area contributed by atoms with Crippen LogP contribution in [0.4, 0.5) is 5.69 Å². The number of rotatable bonds is 4. The molecule has 21 heavy (non-hydrogen) atoms. The number of benzene rings is 2. The summed E-state index contributed by atoms with van der Waals surface area (Å²) in [5.41, 5.74) is 2.11. The lowest BCUT2D eigenvalue weighted by Crippen LogP contribution is -2.13. The first-order chi connectivity index (χ1) is 10.0. The first-order valence-corrected chi connectivity index (χ1v) is 7.69. The molecule has 2 rings (SSSR count). The third-order valence-corrected chi connectivity index (χ3v) is 4.18. The van der Waals surface area contributed by atoms with Crippen LogP contribution in [0.1, 0.15) is 22.8 Å². The lowest BCUT2D eigenvalue weighted by Gasteiger charge is -2.13. The van der Waals surface area contributed by atoms with E-state index in [0.29, 0.717) is 33.1 Å². The number of aryl methyl sites for hydroxylation is 1. The Balaban J connectivity index is 2.29. The van der Waals surface area contributed by atoms with E-state index in [1.807, 2.05) is 32.0 Å². The number of carbonyl (C=O) groups excluding carboxylic acids is 1. The second kappa shape index (κ2) is 6.96. The largest absolute Gasteiger partial charge is 0.492 e. The summed E-state index contributed by atoms with van der Waals surface area (Å²) in [6, 6.07) is 10.9. The van der Waals surface area contributed by atoms with Crippen LogP contribution in [-0.2, 0) is 0 Å². The van der Waals surface area contributed by atoms with E-state index in [2.05, 4.69) is 21.2 Å². The van der Waals surface area contributed by atoms with E-state index in [4.69, 9.17) is 16.3 Å².